The number of carbonyl (C=O) groups excluding carboxylic acids is 2. The average Bonchev–Trinajstić information content (AvgIpc) is 1.61. The number of anilines is 1. The SMILES string of the molecule is C#CC#CC#CC#CC#CC#CC#CC#CC#CC#CC#CC#CC#CC#CC#CC#CC#CC#CC.CCOC(=O)CCCN1/C(=C/C=C/C=C/C2=[N+](CCCC(=O)OCC)c3ccccc3C2(C)C)C(C)(C)c2ccccc21.N=NOOOOOOOOCl.[HH].[HH].[HH].[HH].[HH].[HH].[HH].[HH].[HH].[HH].[HH].[HH].[HH].[HH].[HH].[HH].[HH].[HH].[HH].[HH].[HH].[O-][Cl+3]([O-])([O-])[O-]. The summed E-state index contributed by atoms with van der Waals surface area (Å²) in [5.41, 5.74) is 13.0. The number of hydrogen-bond donors (Lipinski definition) is 1. The molecule has 0 amide bonds. The van der Waals surface area contributed by atoms with Gasteiger partial charge < -0.3 is 14.4 Å². The highest BCUT2D eigenvalue weighted by Crippen LogP contribution is 2.47. The van der Waals surface area contributed by atoms with Gasteiger partial charge in [0.15, 0.2) is 5.71 Å². The molecule has 2 aromatic rings. The van der Waals surface area contributed by atoms with Crippen molar-refractivity contribution >= 4 is 40.9 Å². The Morgan fingerprint density at radius 3 is 1.40 bits per heavy atom. The van der Waals surface area contributed by atoms with Crippen LogP contribution in [0.1, 0.15) is 115 Å². The molecule has 2 aliphatic heterocycles. The Kier molecular flexibility index (Phi) is 44.5. The Hall–Kier alpha value is -12.3. The van der Waals surface area contributed by atoms with Crippen LogP contribution in [-0.4, -0.2) is 48.5 Å². The molecule has 520 valence electrons. The molecule has 0 saturated carbocycles. The second-order valence-electron chi connectivity index (χ2n) is 17.6. The van der Waals surface area contributed by atoms with Gasteiger partial charge in [-0.25, -0.2) is 18.6 Å². The van der Waals surface area contributed by atoms with Crippen LogP contribution in [0.3, 0.4) is 0 Å². The molecule has 0 radical (unpaired) electrons. The molecule has 4 rings (SSSR count). The smallest absolute Gasteiger partial charge is 0.306 e. The Bertz CT molecular complexity index is 4500. The maximum Gasteiger partial charge on any atom is 0.306 e. The van der Waals surface area contributed by atoms with Gasteiger partial charge >= 0.3 is 11.9 Å². The largest absolute Gasteiger partial charge is 0.466 e. The van der Waals surface area contributed by atoms with Gasteiger partial charge in [0.05, 0.1) is 30.3 Å². The zero-order valence-electron chi connectivity index (χ0n) is 52.4. The Morgan fingerprint density at radius 1 is 0.573 bits per heavy atom. The standard InChI is InChI=1S/C37H47N2O4.C37H4.ClHN2O8.ClHO4.21H2/c1-7-42-34(40)24-16-26-38-30-20-14-12-18-28(30)36(3,4)32(38)22-10-9-11-23-33-37(5,6)29-19-13-15-21-31(29)39(33)27-17-25-35(41)43-8-2;1-3-5-7-9-11-13-15-17-19-21-23-25-27-29-31-33-35-37-36-34-32-30-28-26-24-22-20-18-16-14-12-10-8-6-4-2;1-4-6-8-10-11-9-7-5-3-2;2-1(3,4)5;;;;;;;;;;;;;;;;;;;;;/h9-15,18-23H,7-8,16-17,24-27H2,1-6H3;1H,2H3;2H;(H,2,3,4,5);21*1H/q+1;;;;;;;;;;;;;;;;;;;;;;;;/p-1. The van der Waals surface area contributed by atoms with Gasteiger partial charge in [-0.05, 0) is 169 Å². The first-order chi connectivity index (χ1) is 46.5. The van der Waals surface area contributed by atoms with Crippen molar-refractivity contribution < 1.29 is 122 Å². The molecular formula is C74H94Cl2N4O16. The highest BCUT2D eigenvalue weighted by Gasteiger charge is 2.44. The Morgan fingerprint density at radius 2 is 0.969 bits per heavy atom. The van der Waals surface area contributed by atoms with Crippen LogP contribution in [0, 0.1) is 229 Å². The predicted octanol–water partition coefficient (Wildman–Crippen LogP) is 9.27. The van der Waals surface area contributed by atoms with Crippen LogP contribution in [0.5, 0.6) is 0 Å². The van der Waals surface area contributed by atoms with Crippen LogP contribution < -0.4 is 23.5 Å². The van der Waals surface area contributed by atoms with E-state index in [0.717, 1.165) is 25.9 Å². The first-order valence-corrected chi connectivity index (χ1v) is 28.8. The molecule has 0 spiro atoms. The molecular weight excluding hydrogens is 1270 g/mol. The summed E-state index contributed by atoms with van der Waals surface area (Å²) in [5, 5.41) is 22.9. The van der Waals surface area contributed by atoms with Crippen LogP contribution in [0.4, 0.5) is 11.4 Å². The third kappa shape index (κ3) is 38.4. The van der Waals surface area contributed by atoms with Gasteiger partial charge in [0.2, 0.25) is 5.69 Å². The van der Waals surface area contributed by atoms with E-state index in [1.54, 1.807) is 6.92 Å². The van der Waals surface area contributed by atoms with Gasteiger partial charge in [-0.3, -0.25) is 9.59 Å². The van der Waals surface area contributed by atoms with Gasteiger partial charge in [-0.2, -0.15) is 15.1 Å². The van der Waals surface area contributed by atoms with E-state index in [1.165, 1.54) is 33.9 Å². The molecule has 0 unspecified atom stereocenters. The number of nitrogens with zero attached hydrogens (tertiary/aromatic N) is 3. The van der Waals surface area contributed by atoms with Gasteiger partial charge in [-0.1, -0.05) is 78.8 Å². The fourth-order valence-corrected chi connectivity index (χ4v) is 7.52. The lowest BCUT2D eigenvalue weighted by molar-refractivity contribution is -2.00. The molecule has 22 heteroatoms. The van der Waals surface area contributed by atoms with E-state index in [0.29, 0.717) is 26.1 Å². The number of ether oxygens (including phenoxy) is 2. The summed E-state index contributed by atoms with van der Waals surface area (Å²) in [4.78, 5) is 29.8. The lowest BCUT2D eigenvalue weighted by Gasteiger charge is -2.27. The number of nitrogens with one attached hydrogen (secondary N) is 1. The molecule has 96 heavy (non-hydrogen) atoms. The topological polar surface area (TPSA) is 261 Å². The second-order valence-corrected chi connectivity index (χ2v) is 18.5. The molecule has 2 aromatic carbocycles. The summed E-state index contributed by atoms with van der Waals surface area (Å²) in [6.45, 7) is 16.7. The maximum atomic E-state index is 12.0. The third-order valence-corrected chi connectivity index (χ3v) is 10.9. The van der Waals surface area contributed by atoms with E-state index in [2.05, 4.69) is 380 Å². The normalized spacial score (nSPS) is 11.1. The third-order valence-electron chi connectivity index (χ3n) is 10.9. The maximum absolute atomic E-state index is 12.0. The summed E-state index contributed by atoms with van der Waals surface area (Å²) in [5.74, 6) is 86.6. The quantitative estimate of drug-likeness (QED) is 0.0178. The Balaban J connectivity index is -0.0000000607. The molecule has 0 fully saturated rings. The number of hydrogen-bond acceptors (Lipinski definition) is 19. The number of para-hydroxylation sites is 2. The van der Waals surface area contributed by atoms with Crippen molar-refractivity contribution in [1.82, 2.24) is 0 Å². The number of fused-ring (bicyclic) bond motifs is 2. The lowest BCUT2D eigenvalue weighted by Crippen LogP contribution is -2.68. The van der Waals surface area contributed by atoms with Crippen LogP contribution in [0.2, 0.25) is 0 Å². The molecule has 0 aromatic heterocycles. The molecule has 0 saturated heterocycles. The number of esters is 2. The zero-order valence-corrected chi connectivity index (χ0v) is 53.9. The molecule has 0 atom stereocenters. The minimum atomic E-state index is -4.94. The van der Waals surface area contributed by atoms with Crippen molar-refractivity contribution in [3.63, 3.8) is 0 Å². The number of allylic oxidation sites excluding steroid dienone is 6. The van der Waals surface area contributed by atoms with E-state index in [9.17, 15) is 9.59 Å². The zero-order chi connectivity index (χ0) is 70.6. The first kappa shape index (κ1) is 81.7. The summed E-state index contributed by atoms with van der Waals surface area (Å²) in [6.07, 6.45) is 17.9. The highest BCUT2D eigenvalue weighted by atomic mass is 35.7. The minimum absolute atomic E-state index is 0. The number of rotatable bonds is 21. The van der Waals surface area contributed by atoms with Crippen LogP contribution in [-0.2, 0) is 69.6 Å². The van der Waals surface area contributed by atoms with E-state index in [4.69, 9.17) is 40.1 Å². The van der Waals surface area contributed by atoms with E-state index < -0.39 is 10.2 Å². The predicted molar refractivity (Wildman–Crippen MR) is 385 cm³/mol. The molecule has 1 N–H and O–H groups in total. The molecule has 2 aliphatic rings. The minimum Gasteiger partial charge on any atom is -0.466 e. The van der Waals surface area contributed by atoms with Crippen molar-refractivity contribution in [2.24, 2.45) is 5.28 Å². The Labute approximate surface area is 597 Å². The summed E-state index contributed by atoms with van der Waals surface area (Å²) < 4.78 is 49.9. The number of terminal acetylenes is 1. The van der Waals surface area contributed by atoms with Crippen LogP contribution in [0.15, 0.2) is 89.9 Å². The van der Waals surface area contributed by atoms with Gasteiger partial charge in [-0.15, -0.1) is 16.7 Å². The van der Waals surface area contributed by atoms with Crippen LogP contribution in [0.25, 0.3) is 0 Å². The highest BCUT2D eigenvalue weighted by molar-refractivity contribution is 6.06. The van der Waals surface area contributed by atoms with Crippen molar-refractivity contribution in [2.75, 3.05) is 31.2 Å². The van der Waals surface area contributed by atoms with E-state index >= 15 is 0 Å². The van der Waals surface area contributed by atoms with Crippen molar-refractivity contribution in [3.05, 3.63) is 95.7 Å². The molecule has 2 heterocycles. The monoisotopic (exact) mass is 1360 g/mol. The van der Waals surface area contributed by atoms with E-state index in [1.807, 2.05) is 13.8 Å². The summed E-state index contributed by atoms with van der Waals surface area (Å²) in [7, 11) is -4.94. The lowest BCUT2D eigenvalue weighted by atomic mass is 9.81. The molecule has 20 nitrogen and oxygen atoms in total. The molecule has 0 bridgehead atoms. The summed E-state index contributed by atoms with van der Waals surface area (Å²) >= 11 is 4.44. The molecule has 0 aliphatic carbocycles. The van der Waals surface area contributed by atoms with Crippen molar-refractivity contribution in [2.45, 2.75) is 85.0 Å². The van der Waals surface area contributed by atoms with E-state index in [-0.39, 0.29) is 52.7 Å². The average molecular weight is 1370 g/mol. The van der Waals surface area contributed by atoms with Gasteiger partial charge in [0, 0.05) is 206 Å². The van der Waals surface area contributed by atoms with Gasteiger partial charge in [0.25, 0.3) is 0 Å². The van der Waals surface area contributed by atoms with Crippen molar-refractivity contribution in [3.8, 4) is 214 Å². The van der Waals surface area contributed by atoms with Crippen LogP contribution >= 0.6 is 11.9 Å². The van der Waals surface area contributed by atoms with Crippen molar-refractivity contribution in [1.29, 1.82) is 5.53 Å². The summed E-state index contributed by atoms with van der Waals surface area (Å²) in [6, 6.07) is 17.1. The fourth-order valence-electron chi connectivity index (χ4n) is 7.50. The first-order valence-electron chi connectivity index (χ1n) is 27.2. The number of carbonyl (C=O) groups is 2. The number of halogens is 2. The fraction of sp³-hybridized carbons (Fsp3) is 0.230. The van der Waals surface area contributed by atoms with Gasteiger partial charge in [0.1, 0.15) is 18.4 Å². The number of benzene rings is 2. The second kappa shape index (κ2) is 52.3.